The molecule has 0 saturated heterocycles. The van der Waals surface area contributed by atoms with Gasteiger partial charge in [0.2, 0.25) is 0 Å². The van der Waals surface area contributed by atoms with E-state index in [1.165, 1.54) is 19.3 Å². The predicted molar refractivity (Wildman–Crippen MR) is 46.3 cm³/mol. The highest BCUT2D eigenvalue weighted by Gasteiger charge is 2.21. The van der Waals surface area contributed by atoms with Crippen LogP contribution in [0.2, 0.25) is 0 Å². The maximum atomic E-state index is 9.53. The van der Waals surface area contributed by atoms with Crippen molar-refractivity contribution >= 4 is 0 Å². The van der Waals surface area contributed by atoms with Crippen LogP contribution in [0.3, 0.4) is 0 Å². The molecule has 2 atom stereocenters. The zero-order chi connectivity index (χ0) is 8.10. The van der Waals surface area contributed by atoms with Crippen LogP contribution in [0.1, 0.15) is 32.1 Å². The average Bonchev–Trinajstić information content (AvgIpc) is 2.03. The molecule has 1 rings (SSSR count). The van der Waals surface area contributed by atoms with E-state index in [-0.39, 0.29) is 6.10 Å². The Hall–Kier alpha value is -0.520. The molecule has 1 aliphatic rings. The van der Waals surface area contributed by atoms with Crippen LogP contribution in [-0.2, 0) is 0 Å². The number of allylic oxidation sites excluding steroid dienone is 1. The van der Waals surface area contributed by atoms with Crippen molar-refractivity contribution in [3.63, 3.8) is 0 Å². The van der Waals surface area contributed by atoms with Gasteiger partial charge in [0.05, 0.1) is 6.10 Å². The molecule has 1 nitrogen and oxygen atoms in total. The quantitative estimate of drug-likeness (QED) is 0.602. The Morgan fingerprint density at radius 3 is 2.82 bits per heavy atom. The second-order valence-electron chi connectivity index (χ2n) is 3.26. The fourth-order valence-electron chi connectivity index (χ4n) is 1.70. The smallest absolute Gasteiger partial charge is 0.0571 e. The maximum Gasteiger partial charge on any atom is 0.0571 e. The van der Waals surface area contributed by atoms with Gasteiger partial charge in [-0.3, -0.25) is 0 Å². The standard InChI is InChI=1S/C10H16O/c1-2-3-6-9-7-4-5-8-10(9)11/h3,9-11H,1,4-8H2/t9-,10+/m0/s1. The summed E-state index contributed by atoms with van der Waals surface area (Å²) in [7, 11) is 0. The van der Waals surface area contributed by atoms with Crippen molar-refractivity contribution in [3.05, 3.63) is 18.4 Å². The molecule has 0 aromatic carbocycles. The first-order chi connectivity index (χ1) is 5.34. The summed E-state index contributed by atoms with van der Waals surface area (Å²) < 4.78 is 0. The molecule has 1 heteroatoms. The summed E-state index contributed by atoms with van der Waals surface area (Å²) in [5, 5.41) is 9.53. The van der Waals surface area contributed by atoms with Crippen molar-refractivity contribution in [2.24, 2.45) is 5.92 Å². The summed E-state index contributed by atoms with van der Waals surface area (Å²) >= 11 is 0. The molecule has 0 bridgehead atoms. The van der Waals surface area contributed by atoms with E-state index in [9.17, 15) is 5.11 Å². The van der Waals surface area contributed by atoms with Crippen LogP contribution >= 0.6 is 0 Å². The van der Waals surface area contributed by atoms with Gasteiger partial charge in [0.1, 0.15) is 0 Å². The Bertz CT molecular complexity index is 156. The molecule has 62 valence electrons. The summed E-state index contributed by atoms with van der Waals surface area (Å²) in [6.45, 7) is 3.51. The third-order valence-electron chi connectivity index (χ3n) is 2.43. The second kappa shape index (κ2) is 4.38. The third kappa shape index (κ3) is 2.53. The Morgan fingerprint density at radius 2 is 2.18 bits per heavy atom. The highest BCUT2D eigenvalue weighted by molar-refractivity contribution is 4.84. The molecule has 0 aromatic rings. The van der Waals surface area contributed by atoms with E-state index in [0.29, 0.717) is 5.92 Å². The van der Waals surface area contributed by atoms with Crippen molar-refractivity contribution in [2.45, 2.75) is 38.2 Å². The molecule has 1 aliphatic carbocycles. The predicted octanol–water partition coefficient (Wildman–Crippen LogP) is 2.27. The Morgan fingerprint density at radius 1 is 1.45 bits per heavy atom. The van der Waals surface area contributed by atoms with Gasteiger partial charge in [-0.2, -0.15) is 0 Å². The Kier molecular flexibility index (Phi) is 3.41. The molecular weight excluding hydrogens is 136 g/mol. The molecule has 0 amide bonds. The van der Waals surface area contributed by atoms with E-state index >= 15 is 0 Å². The van der Waals surface area contributed by atoms with Crippen LogP contribution in [0.25, 0.3) is 0 Å². The lowest BCUT2D eigenvalue weighted by molar-refractivity contribution is 0.0714. The minimum Gasteiger partial charge on any atom is -0.393 e. The van der Waals surface area contributed by atoms with Crippen molar-refractivity contribution in [1.82, 2.24) is 0 Å². The number of hydrogen-bond donors (Lipinski definition) is 1. The number of rotatable bonds is 2. The first-order valence-electron chi connectivity index (χ1n) is 4.37. The molecule has 11 heavy (non-hydrogen) atoms. The van der Waals surface area contributed by atoms with Crippen molar-refractivity contribution in [3.8, 4) is 0 Å². The molecule has 0 aliphatic heterocycles. The van der Waals surface area contributed by atoms with Gasteiger partial charge >= 0.3 is 0 Å². The fraction of sp³-hybridized carbons (Fsp3) is 0.700. The first-order valence-corrected chi connectivity index (χ1v) is 4.37. The molecule has 0 heterocycles. The molecular formula is C10H16O. The molecule has 0 spiro atoms. The van der Waals surface area contributed by atoms with Gasteiger partial charge in [-0.15, -0.1) is 5.73 Å². The van der Waals surface area contributed by atoms with E-state index < -0.39 is 0 Å². The zero-order valence-electron chi connectivity index (χ0n) is 6.92. The first kappa shape index (κ1) is 8.58. The normalized spacial score (nSPS) is 31.0. The Labute approximate surface area is 68.4 Å². The van der Waals surface area contributed by atoms with Crippen LogP contribution < -0.4 is 0 Å². The van der Waals surface area contributed by atoms with Gasteiger partial charge in [0, 0.05) is 0 Å². The zero-order valence-corrected chi connectivity index (χ0v) is 6.92. The monoisotopic (exact) mass is 152 g/mol. The van der Waals surface area contributed by atoms with Gasteiger partial charge < -0.3 is 5.11 Å². The molecule has 0 radical (unpaired) electrons. The summed E-state index contributed by atoms with van der Waals surface area (Å²) in [5.74, 6) is 0.470. The van der Waals surface area contributed by atoms with E-state index in [1.54, 1.807) is 0 Å². The van der Waals surface area contributed by atoms with Crippen LogP contribution in [0.4, 0.5) is 0 Å². The lowest BCUT2D eigenvalue weighted by atomic mass is 9.84. The van der Waals surface area contributed by atoms with Crippen molar-refractivity contribution < 1.29 is 5.11 Å². The summed E-state index contributed by atoms with van der Waals surface area (Å²) in [6.07, 6.45) is 7.41. The molecule has 0 aromatic heterocycles. The number of aliphatic hydroxyl groups excluding tert-OH is 1. The Balaban J connectivity index is 2.35. The highest BCUT2D eigenvalue weighted by Crippen LogP contribution is 2.26. The molecule has 1 saturated carbocycles. The SMILES string of the molecule is C=C=CC[C@H]1CCCC[C@H]1O. The minimum atomic E-state index is -0.0756. The lowest BCUT2D eigenvalue weighted by Gasteiger charge is -2.26. The highest BCUT2D eigenvalue weighted by atomic mass is 16.3. The summed E-state index contributed by atoms with van der Waals surface area (Å²) in [6, 6.07) is 0. The van der Waals surface area contributed by atoms with Crippen molar-refractivity contribution in [2.75, 3.05) is 0 Å². The molecule has 1 N–H and O–H groups in total. The largest absolute Gasteiger partial charge is 0.393 e. The summed E-state index contributed by atoms with van der Waals surface area (Å²) in [5.41, 5.74) is 2.75. The van der Waals surface area contributed by atoms with Crippen LogP contribution in [0.15, 0.2) is 18.4 Å². The maximum absolute atomic E-state index is 9.53. The van der Waals surface area contributed by atoms with Gasteiger partial charge in [-0.1, -0.05) is 19.4 Å². The van der Waals surface area contributed by atoms with Gasteiger partial charge in [-0.05, 0) is 31.3 Å². The van der Waals surface area contributed by atoms with Crippen LogP contribution in [-0.4, -0.2) is 11.2 Å². The van der Waals surface area contributed by atoms with E-state index in [1.807, 2.05) is 6.08 Å². The third-order valence-corrected chi connectivity index (χ3v) is 2.43. The number of aliphatic hydroxyl groups is 1. The van der Waals surface area contributed by atoms with Crippen LogP contribution in [0.5, 0.6) is 0 Å². The van der Waals surface area contributed by atoms with E-state index in [4.69, 9.17) is 0 Å². The van der Waals surface area contributed by atoms with Crippen molar-refractivity contribution in [1.29, 1.82) is 0 Å². The lowest BCUT2D eigenvalue weighted by Crippen LogP contribution is -2.23. The average molecular weight is 152 g/mol. The van der Waals surface area contributed by atoms with Crippen LogP contribution in [0, 0.1) is 5.92 Å². The fourth-order valence-corrected chi connectivity index (χ4v) is 1.70. The molecule has 1 fully saturated rings. The molecule has 0 unspecified atom stereocenters. The minimum absolute atomic E-state index is 0.0756. The topological polar surface area (TPSA) is 20.2 Å². The number of hydrogen-bond acceptors (Lipinski definition) is 1. The van der Waals surface area contributed by atoms with E-state index in [2.05, 4.69) is 12.3 Å². The van der Waals surface area contributed by atoms with Gasteiger partial charge in [0.15, 0.2) is 0 Å². The van der Waals surface area contributed by atoms with Gasteiger partial charge in [0.25, 0.3) is 0 Å². The van der Waals surface area contributed by atoms with Gasteiger partial charge in [-0.25, -0.2) is 0 Å². The second-order valence-corrected chi connectivity index (χ2v) is 3.26. The van der Waals surface area contributed by atoms with E-state index in [0.717, 1.165) is 12.8 Å². The summed E-state index contributed by atoms with van der Waals surface area (Å²) in [4.78, 5) is 0.